The van der Waals surface area contributed by atoms with E-state index in [0.29, 0.717) is 11.5 Å². The van der Waals surface area contributed by atoms with E-state index >= 15 is 0 Å². The average molecular weight is 487 g/mol. The summed E-state index contributed by atoms with van der Waals surface area (Å²) in [7, 11) is 0. The third-order valence-electron chi connectivity index (χ3n) is 6.92. The Morgan fingerprint density at radius 2 is 1.05 bits per heavy atom. The lowest BCUT2D eigenvalue weighted by molar-refractivity contribution is -0.129. The van der Waals surface area contributed by atoms with Crippen LogP contribution in [0.25, 0.3) is 11.1 Å². The number of esters is 2. The van der Waals surface area contributed by atoms with Crippen LogP contribution in [0.1, 0.15) is 33.4 Å². The van der Waals surface area contributed by atoms with Gasteiger partial charge in [0, 0.05) is 12.2 Å². The zero-order chi connectivity index (χ0) is 26.2. The van der Waals surface area contributed by atoms with Gasteiger partial charge in [-0.3, -0.25) is 0 Å². The summed E-state index contributed by atoms with van der Waals surface area (Å²) in [5.74, 6) is -0.0118. The average Bonchev–Trinajstić information content (AvgIpc) is 3.22. The molecule has 0 unspecified atom stereocenters. The van der Waals surface area contributed by atoms with E-state index in [9.17, 15) is 9.59 Å². The molecule has 0 aromatic heterocycles. The molecule has 0 aliphatic heterocycles. The minimum Gasteiger partial charge on any atom is -0.423 e. The van der Waals surface area contributed by atoms with Gasteiger partial charge in [0.25, 0.3) is 0 Å². The number of hydrogen-bond donors (Lipinski definition) is 0. The smallest absolute Gasteiger partial charge is 0.335 e. The van der Waals surface area contributed by atoms with Gasteiger partial charge in [-0.25, -0.2) is 9.59 Å². The quantitative estimate of drug-likeness (QED) is 0.150. The van der Waals surface area contributed by atoms with Crippen molar-refractivity contribution >= 4 is 11.9 Å². The number of aryl methyl sites for hydroxylation is 2. The van der Waals surface area contributed by atoms with Crippen molar-refractivity contribution < 1.29 is 19.1 Å². The van der Waals surface area contributed by atoms with Crippen molar-refractivity contribution in [2.24, 2.45) is 0 Å². The molecule has 4 nitrogen and oxygen atoms in total. The van der Waals surface area contributed by atoms with Crippen molar-refractivity contribution in [2.45, 2.75) is 19.3 Å². The Balaban J connectivity index is 1.79. The first-order valence-corrected chi connectivity index (χ1v) is 12.0. The second-order valence-electron chi connectivity index (χ2n) is 9.05. The summed E-state index contributed by atoms with van der Waals surface area (Å²) in [6.07, 6.45) is 2.31. The van der Waals surface area contributed by atoms with Crippen molar-refractivity contribution in [2.75, 3.05) is 0 Å². The summed E-state index contributed by atoms with van der Waals surface area (Å²) in [5, 5.41) is 0. The minimum atomic E-state index is -0.634. The lowest BCUT2D eigenvalue weighted by Crippen LogP contribution is -2.29. The summed E-state index contributed by atoms with van der Waals surface area (Å²) in [6, 6.07) is 28.7. The molecule has 5 rings (SSSR count). The fraction of sp³-hybridized carbons (Fsp3) is 0.0909. The van der Waals surface area contributed by atoms with Crippen LogP contribution in [0.2, 0.25) is 0 Å². The third kappa shape index (κ3) is 3.87. The van der Waals surface area contributed by atoms with E-state index in [1.54, 1.807) is 0 Å². The Kier molecular flexibility index (Phi) is 6.10. The van der Waals surface area contributed by atoms with E-state index < -0.39 is 17.4 Å². The molecule has 0 N–H and O–H groups in total. The van der Waals surface area contributed by atoms with Crippen LogP contribution >= 0.6 is 0 Å². The molecular weight excluding hydrogens is 460 g/mol. The third-order valence-corrected chi connectivity index (χ3v) is 6.92. The van der Waals surface area contributed by atoms with E-state index in [-0.39, 0.29) is 0 Å². The van der Waals surface area contributed by atoms with Gasteiger partial charge in [0.15, 0.2) is 0 Å². The highest BCUT2D eigenvalue weighted by molar-refractivity contribution is 5.87. The molecule has 0 bridgehead atoms. The van der Waals surface area contributed by atoms with Gasteiger partial charge in [-0.2, -0.15) is 0 Å². The first kappa shape index (κ1) is 24.0. The molecule has 0 saturated carbocycles. The number of hydrogen-bond acceptors (Lipinski definition) is 4. The van der Waals surface area contributed by atoms with Crippen LogP contribution in [-0.2, 0) is 15.0 Å². The second-order valence-corrected chi connectivity index (χ2v) is 9.05. The van der Waals surface area contributed by atoms with E-state index in [4.69, 9.17) is 9.47 Å². The Morgan fingerprint density at radius 1 is 0.649 bits per heavy atom. The molecule has 0 fully saturated rings. The van der Waals surface area contributed by atoms with Crippen molar-refractivity contribution in [3.63, 3.8) is 0 Å². The molecule has 1 aliphatic carbocycles. The second kappa shape index (κ2) is 9.40. The fourth-order valence-electron chi connectivity index (χ4n) is 5.32. The van der Waals surface area contributed by atoms with Crippen LogP contribution in [0, 0.1) is 13.8 Å². The number of ether oxygens (including phenoxy) is 2. The zero-order valence-electron chi connectivity index (χ0n) is 20.8. The maximum Gasteiger partial charge on any atom is 0.335 e. The molecule has 0 radical (unpaired) electrons. The lowest BCUT2D eigenvalue weighted by Gasteiger charge is -2.34. The molecule has 37 heavy (non-hydrogen) atoms. The van der Waals surface area contributed by atoms with E-state index in [2.05, 4.69) is 73.8 Å². The Labute approximate surface area is 216 Å². The number of fused-ring (bicyclic) bond motifs is 3. The molecular formula is C33H26O4. The molecule has 1 aliphatic rings. The van der Waals surface area contributed by atoms with Crippen LogP contribution in [0.5, 0.6) is 11.5 Å². The molecule has 0 heterocycles. The topological polar surface area (TPSA) is 52.6 Å². The van der Waals surface area contributed by atoms with Gasteiger partial charge < -0.3 is 9.47 Å². The Morgan fingerprint density at radius 3 is 1.43 bits per heavy atom. The number of carbonyl (C=O) groups is 2. The van der Waals surface area contributed by atoms with Crippen LogP contribution < -0.4 is 9.47 Å². The number of carbonyl (C=O) groups excluding carboxylic acids is 2. The predicted octanol–water partition coefficient (Wildman–Crippen LogP) is 6.85. The Hall–Kier alpha value is -4.70. The maximum absolute atomic E-state index is 11.9. The fourth-order valence-corrected chi connectivity index (χ4v) is 5.32. The van der Waals surface area contributed by atoms with Gasteiger partial charge >= 0.3 is 11.9 Å². The van der Waals surface area contributed by atoms with Crippen molar-refractivity contribution in [3.05, 3.63) is 144 Å². The summed E-state index contributed by atoms with van der Waals surface area (Å²) in [4.78, 5) is 23.7. The highest BCUT2D eigenvalue weighted by Gasteiger charge is 2.46. The standard InChI is InChI=1S/C33H26O4/c1-5-31(34)36-29-17-15-23(19-21(29)3)33(24-16-18-30(22(4)20-24)37-32(35)6-2)27-13-9-7-11-25(27)26-12-8-10-14-28(26)33/h5-20H,1-2H2,3-4H3. The van der Waals surface area contributed by atoms with Gasteiger partial charge in [0.05, 0.1) is 5.41 Å². The molecule has 4 aromatic rings. The van der Waals surface area contributed by atoms with Crippen LogP contribution in [0.15, 0.2) is 110 Å². The molecule has 182 valence electrons. The summed E-state index contributed by atoms with van der Waals surface area (Å²) < 4.78 is 10.9. The molecule has 0 amide bonds. The highest BCUT2D eigenvalue weighted by atomic mass is 16.5. The van der Waals surface area contributed by atoms with Crippen molar-refractivity contribution in [3.8, 4) is 22.6 Å². The Bertz CT molecular complexity index is 1460. The SMILES string of the molecule is C=CC(=O)Oc1ccc(C2(c3ccc(OC(=O)C=C)c(C)c3)c3ccccc3-c3ccccc32)cc1C. The van der Waals surface area contributed by atoms with Gasteiger partial charge in [-0.15, -0.1) is 0 Å². The van der Waals surface area contributed by atoms with Crippen LogP contribution in [0.4, 0.5) is 0 Å². The van der Waals surface area contributed by atoms with Crippen molar-refractivity contribution in [1.29, 1.82) is 0 Å². The lowest BCUT2D eigenvalue weighted by atomic mass is 9.67. The highest BCUT2D eigenvalue weighted by Crippen LogP contribution is 2.56. The molecule has 4 heteroatoms. The summed E-state index contributed by atoms with van der Waals surface area (Å²) in [6.45, 7) is 10.8. The normalized spacial score (nSPS) is 12.7. The first-order valence-electron chi connectivity index (χ1n) is 12.0. The van der Waals surface area contributed by atoms with Crippen molar-refractivity contribution in [1.82, 2.24) is 0 Å². The summed E-state index contributed by atoms with van der Waals surface area (Å²) >= 11 is 0. The molecule has 0 saturated heterocycles. The van der Waals surface area contributed by atoms with E-state index in [1.165, 1.54) is 0 Å². The predicted molar refractivity (Wildman–Crippen MR) is 145 cm³/mol. The zero-order valence-corrected chi connectivity index (χ0v) is 20.8. The molecule has 0 spiro atoms. The monoisotopic (exact) mass is 486 g/mol. The number of rotatable bonds is 6. The van der Waals surface area contributed by atoms with Gasteiger partial charge in [0.2, 0.25) is 0 Å². The van der Waals surface area contributed by atoms with Gasteiger partial charge in [0.1, 0.15) is 11.5 Å². The van der Waals surface area contributed by atoms with Gasteiger partial charge in [-0.05, 0) is 70.5 Å². The minimum absolute atomic E-state index is 0.492. The molecule has 4 aromatic carbocycles. The van der Waals surface area contributed by atoms with Crippen LogP contribution in [-0.4, -0.2) is 11.9 Å². The van der Waals surface area contributed by atoms with Crippen LogP contribution in [0.3, 0.4) is 0 Å². The first-order chi connectivity index (χ1) is 17.9. The van der Waals surface area contributed by atoms with Gasteiger partial charge in [-0.1, -0.05) is 86.0 Å². The summed E-state index contributed by atoms with van der Waals surface area (Å²) in [5.41, 5.74) is 7.75. The largest absolute Gasteiger partial charge is 0.423 e. The molecule has 0 atom stereocenters. The van der Waals surface area contributed by atoms with E-state index in [0.717, 1.165) is 56.7 Å². The number of benzene rings is 4. The van der Waals surface area contributed by atoms with E-state index in [1.807, 2.05) is 38.1 Å². The maximum atomic E-state index is 11.9.